The fourth-order valence-corrected chi connectivity index (χ4v) is 1.73. The monoisotopic (exact) mass is 310 g/mol. The number of hydrogen-bond donors (Lipinski definition) is 0. The van der Waals surface area contributed by atoms with Gasteiger partial charge in [-0.3, -0.25) is 12.5 Å². The van der Waals surface area contributed by atoms with E-state index in [1.54, 1.807) is 0 Å². The van der Waals surface area contributed by atoms with Gasteiger partial charge in [0.25, 0.3) is 0 Å². The second-order valence-electron chi connectivity index (χ2n) is 2.91. The molecular formula is C14H14S2Zn. The number of thioether (sulfide) groups is 2. The van der Waals surface area contributed by atoms with Crippen molar-refractivity contribution >= 4 is 23.5 Å². The molecule has 0 nitrogen and oxygen atoms in total. The van der Waals surface area contributed by atoms with Gasteiger partial charge in [0.05, 0.1) is 0 Å². The third-order valence-electron chi connectivity index (χ3n) is 1.82. The van der Waals surface area contributed by atoms with Crippen molar-refractivity contribution in [1.82, 2.24) is 0 Å². The van der Waals surface area contributed by atoms with E-state index in [1.807, 2.05) is 60.7 Å². The van der Waals surface area contributed by atoms with Gasteiger partial charge in [-0.15, -0.1) is 0 Å². The Bertz CT molecular complexity index is 336. The largest absolute Gasteiger partial charge is 2.00 e. The van der Waals surface area contributed by atoms with Crippen molar-refractivity contribution in [2.45, 2.75) is 9.79 Å². The minimum atomic E-state index is 0. The average molecular weight is 312 g/mol. The van der Waals surface area contributed by atoms with Gasteiger partial charge in [0.15, 0.2) is 0 Å². The van der Waals surface area contributed by atoms with E-state index >= 15 is 0 Å². The normalized spacial score (nSPS) is 8.59. The van der Waals surface area contributed by atoms with Crippen molar-refractivity contribution < 1.29 is 19.5 Å². The van der Waals surface area contributed by atoms with Gasteiger partial charge in [0, 0.05) is 0 Å². The second kappa shape index (κ2) is 10.9. The predicted molar refractivity (Wildman–Crippen MR) is 75.3 cm³/mol. The fourth-order valence-electron chi connectivity index (χ4n) is 1.03. The third kappa shape index (κ3) is 7.64. The van der Waals surface area contributed by atoms with Crippen molar-refractivity contribution in [2.24, 2.45) is 0 Å². The summed E-state index contributed by atoms with van der Waals surface area (Å²) in [4.78, 5) is 2.43. The van der Waals surface area contributed by atoms with Gasteiger partial charge in [-0.05, 0) is 9.79 Å². The Balaban J connectivity index is 0.000000284. The Kier molecular flexibility index (Phi) is 10.7. The minimum absolute atomic E-state index is 0. The molecule has 0 spiro atoms. The molecule has 0 aliphatic heterocycles. The van der Waals surface area contributed by atoms with E-state index in [2.05, 4.69) is 12.5 Å². The van der Waals surface area contributed by atoms with Gasteiger partial charge in [0.1, 0.15) is 0 Å². The zero-order valence-electron chi connectivity index (χ0n) is 9.71. The summed E-state index contributed by atoms with van der Waals surface area (Å²) in [5, 5.41) is 0. The topological polar surface area (TPSA) is 0 Å². The Morgan fingerprint density at radius 2 is 0.882 bits per heavy atom. The van der Waals surface area contributed by atoms with E-state index in [1.165, 1.54) is 33.3 Å². The van der Waals surface area contributed by atoms with Crippen LogP contribution in [0.4, 0.5) is 0 Å². The zero-order chi connectivity index (χ0) is 11.6. The van der Waals surface area contributed by atoms with Crippen LogP contribution in [0.3, 0.4) is 0 Å². The molecule has 0 saturated heterocycles. The molecule has 0 aliphatic carbocycles. The van der Waals surface area contributed by atoms with E-state index in [0.29, 0.717) is 0 Å². The molecule has 0 bridgehead atoms. The molecule has 0 unspecified atom stereocenters. The van der Waals surface area contributed by atoms with Crippen LogP contribution in [0, 0.1) is 12.5 Å². The molecule has 0 radical (unpaired) electrons. The van der Waals surface area contributed by atoms with Crippen molar-refractivity contribution in [3.63, 3.8) is 0 Å². The summed E-state index contributed by atoms with van der Waals surface area (Å²) in [6.45, 7) is 0. The van der Waals surface area contributed by atoms with Crippen molar-refractivity contribution in [3.8, 4) is 0 Å². The maximum Gasteiger partial charge on any atom is 2.00 e. The Morgan fingerprint density at radius 3 is 1.06 bits per heavy atom. The third-order valence-corrected chi connectivity index (χ3v) is 3.03. The summed E-state index contributed by atoms with van der Waals surface area (Å²) in [6, 6.07) is 20.2. The minimum Gasteiger partial charge on any atom is -0.319 e. The molecule has 0 amide bonds. The van der Waals surface area contributed by atoms with Gasteiger partial charge in [-0.1, -0.05) is 60.7 Å². The average Bonchev–Trinajstić information content (AvgIpc) is 2.41. The molecule has 0 fully saturated rings. The first-order valence-electron chi connectivity index (χ1n) is 4.81. The molecule has 2 rings (SSSR count). The SMILES string of the molecule is [CH2-]Sc1ccccc1.[CH2-]Sc1ccccc1.[Zn+2]. The van der Waals surface area contributed by atoms with Crippen LogP contribution in [-0.2, 0) is 19.5 Å². The zero-order valence-corrected chi connectivity index (χ0v) is 14.3. The Labute approximate surface area is 125 Å². The quantitative estimate of drug-likeness (QED) is 0.428. The van der Waals surface area contributed by atoms with Crippen LogP contribution in [0.25, 0.3) is 0 Å². The molecule has 0 saturated carbocycles. The summed E-state index contributed by atoms with van der Waals surface area (Å²) >= 11 is 3.04. The number of rotatable bonds is 2. The molecule has 0 heterocycles. The van der Waals surface area contributed by atoms with E-state index in [4.69, 9.17) is 0 Å². The molecule has 0 aliphatic rings. The smallest absolute Gasteiger partial charge is 0.319 e. The van der Waals surface area contributed by atoms with Crippen molar-refractivity contribution in [2.75, 3.05) is 0 Å². The van der Waals surface area contributed by atoms with Crippen LogP contribution in [0.2, 0.25) is 0 Å². The predicted octanol–water partition coefficient (Wildman–Crippen LogP) is 5.14. The van der Waals surface area contributed by atoms with Crippen LogP contribution in [-0.4, -0.2) is 0 Å². The molecule has 17 heavy (non-hydrogen) atoms. The molecule has 3 heteroatoms. The molecular weight excluding hydrogens is 298 g/mol. The van der Waals surface area contributed by atoms with Crippen LogP contribution in [0.5, 0.6) is 0 Å². The van der Waals surface area contributed by atoms with Crippen LogP contribution < -0.4 is 0 Å². The summed E-state index contributed by atoms with van der Waals surface area (Å²) in [5.41, 5.74) is 0. The number of benzene rings is 2. The van der Waals surface area contributed by atoms with Crippen molar-refractivity contribution in [1.29, 1.82) is 0 Å². The molecule has 2 aromatic rings. The summed E-state index contributed by atoms with van der Waals surface area (Å²) < 4.78 is 0. The first-order chi connectivity index (χ1) is 7.86. The van der Waals surface area contributed by atoms with E-state index < -0.39 is 0 Å². The van der Waals surface area contributed by atoms with Gasteiger partial charge in [0.2, 0.25) is 0 Å². The van der Waals surface area contributed by atoms with Crippen molar-refractivity contribution in [3.05, 3.63) is 73.2 Å². The summed E-state index contributed by atoms with van der Waals surface area (Å²) in [7, 11) is 0. The van der Waals surface area contributed by atoms with E-state index in [9.17, 15) is 0 Å². The molecule has 84 valence electrons. The van der Waals surface area contributed by atoms with Gasteiger partial charge < -0.3 is 23.5 Å². The van der Waals surface area contributed by atoms with Gasteiger partial charge >= 0.3 is 19.5 Å². The Morgan fingerprint density at radius 1 is 0.588 bits per heavy atom. The fraction of sp³-hybridized carbons (Fsp3) is 0. The van der Waals surface area contributed by atoms with Crippen LogP contribution in [0.1, 0.15) is 0 Å². The van der Waals surface area contributed by atoms with E-state index in [-0.39, 0.29) is 19.5 Å². The van der Waals surface area contributed by atoms with Gasteiger partial charge in [-0.25, -0.2) is 0 Å². The maximum atomic E-state index is 3.67. The Hall–Kier alpha value is -0.237. The van der Waals surface area contributed by atoms with Crippen LogP contribution >= 0.6 is 23.5 Å². The molecule has 2 aromatic carbocycles. The first kappa shape index (κ1) is 16.8. The summed E-state index contributed by atoms with van der Waals surface area (Å²) in [6.07, 6.45) is 7.35. The molecule has 0 aromatic heterocycles. The van der Waals surface area contributed by atoms with Crippen LogP contribution in [0.15, 0.2) is 70.5 Å². The standard InChI is InChI=1S/2C7H7S.Zn/c2*1-8-7-5-3-2-4-6-7;/h2*2-6H,1H2;/q2*-1;+2. The van der Waals surface area contributed by atoms with E-state index in [0.717, 1.165) is 0 Å². The summed E-state index contributed by atoms with van der Waals surface area (Å²) in [5.74, 6) is 0. The maximum absolute atomic E-state index is 3.67. The molecule has 0 N–H and O–H groups in total. The van der Waals surface area contributed by atoms with Gasteiger partial charge in [-0.2, -0.15) is 0 Å². The second-order valence-corrected chi connectivity index (χ2v) is 4.43. The number of hydrogen-bond acceptors (Lipinski definition) is 2. The molecule has 0 atom stereocenters. The first-order valence-corrected chi connectivity index (χ1v) is 6.78.